The van der Waals surface area contributed by atoms with E-state index in [9.17, 15) is 5.11 Å². The van der Waals surface area contributed by atoms with Gasteiger partial charge in [-0.1, -0.05) is 42.5 Å². The molecule has 4 N–H and O–H groups in total. The van der Waals surface area contributed by atoms with Gasteiger partial charge in [0.15, 0.2) is 0 Å². The normalized spacial score (nSPS) is 10.5. The third-order valence-electron chi connectivity index (χ3n) is 4.01. The molecule has 0 aliphatic carbocycles. The zero-order valence-electron chi connectivity index (χ0n) is 13.1. The Balaban J connectivity index is 2.08. The second-order valence-electron chi connectivity index (χ2n) is 5.42. The number of aromatic hydroxyl groups is 1. The summed E-state index contributed by atoms with van der Waals surface area (Å²) in [6.07, 6.45) is 0. The molecule has 3 nitrogen and oxygen atoms in total. The molecule has 0 bridgehead atoms. The Morgan fingerprint density at radius 1 is 0.870 bits per heavy atom. The van der Waals surface area contributed by atoms with Gasteiger partial charge in [-0.2, -0.15) is 0 Å². The fourth-order valence-corrected chi connectivity index (χ4v) is 2.75. The Morgan fingerprint density at radius 3 is 2.26 bits per heavy atom. The van der Waals surface area contributed by atoms with Crippen molar-refractivity contribution in [3.05, 3.63) is 72.3 Å². The van der Waals surface area contributed by atoms with Crippen molar-refractivity contribution in [1.29, 1.82) is 0 Å². The number of hydrogen-bond acceptors (Lipinski definition) is 3. The Kier molecular flexibility index (Phi) is 4.31. The van der Waals surface area contributed by atoms with E-state index < -0.39 is 0 Å². The highest BCUT2D eigenvalue weighted by Gasteiger charge is 2.08. The quantitative estimate of drug-likeness (QED) is 0.676. The molecule has 0 aliphatic rings. The van der Waals surface area contributed by atoms with Gasteiger partial charge in [-0.3, -0.25) is 0 Å². The molecule has 0 saturated carbocycles. The van der Waals surface area contributed by atoms with E-state index in [2.05, 4.69) is 17.4 Å². The maximum absolute atomic E-state index is 10.2. The zero-order chi connectivity index (χ0) is 16.2. The van der Waals surface area contributed by atoms with Gasteiger partial charge in [-0.15, -0.1) is 0 Å². The van der Waals surface area contributed by atoms with E-state index >= 15 is 0 Å². The molecule has 3 aromatic rings. The van der Waals surface area contributed by atoms with Crippen molar-refractivity contribution < 1.29 is 5.11 Å². The maximum Gasteiger partial charge on any atom is 0.123 e. The summed E-state index contributed by atoms with van der Waals surface area (Å²) < 4.78 is 0. The van der Waals surface area contributed by atoms with Crippen molar-refractivity contribution in [3.8, 4) is 28.0 Å². The van der Waals surface area contributed by atoms with Crippen LogP contribution in [-0.4, -0.2) is 12.2 Å². The van der Waals surface area contributed by atoms with Crippen LogP contribution in [0.25, 0.3) is 22.3 Å². The minimum atomic E-state index is 0.283. The van der Waals surface area contributed by atoms with Gasteiger partial charge in [0.2, 0.25) is 0 Å². The SMILES string of the molecule is CNc1ccc(-c2ccc(O)c(-c3ccccc3)c2)cc1CN. The summed E-state index contributed by atoms with van der Waals surface area (Å²) in [6.45, 7) is 0.480. The van der Waals surface area contributed by atoms with Crippen LogP contribution in [0.3, 0.4) is 0 Å². The lowest BCUT2D eigenvalue weighted by atomic mass is 9.96. The highest BCUT2D eigenvalue weighted by atomic mass is 16.3. The summed E-state index contributed by atoms with van der Waals surface area (Å²) in [7, 11) is 1.89. The molecule has 0 spiro atoms. The molecule has 0 aromatic heterocycles. The third-order valence-corrected chi connectivity index (χ3v) is 4.01. The number of hydrogen-bond donors (Lipinski definition) is 3. The van der Waals surface area contributed by atoms with Gasteiger partial charge in [0.1, 0.15) is 5.75 Å². The van der Waals surface area contributed by atoms with E-state index in [1.54, 1.807) is 6.07 Å². The van der Waals surface area contributed by atoms with E-state index in [0.29, 0.717) is 6.54 Å². The molecule has 0 amide bonds. The van der Waals surface area contributed by atoms with E-state index in [4.69, 9.17) is 5.73 Å². The lowest BCUT2D eigenvalue weighted by molar-refractivity contribution is 0.477. The van der Waals surface area contributed by atoms with Crippen molar-refractivity contribution in [1.82, 2.24) is 0 Å². The Morgan fingerprint density at radius 2 is 1.57 bits per heavy atom. The predicted octanol–water partition coefficient (Wildman–Crippen LogP) is 4.23. The van der Waals surface area contributed by atoms with E-state index in [0.717, 1.165) is 33.5 Å². The molecule has 116 valence electrons. The number of nitrogens with one attached hydrogen (secondary N) is 1. The fourth-order valence-electron chi connectivity index (χ4n) is 2.75. The summed E-state index contributed by atoms with van der Waals surface area (Å²) in [4.78, 5) is 0. The highest BCUT2D eigenvalue weighted by molar-refractivity contribution is 5.78. The fraction of sp³-hybridized carbons (Fsp3) is 0.100. The van der Waals surface area contributed by atoms with Crippen LogP contribution in [0.15, 0.2) is 66.7 Å². The topological polar surface area (TPSA) is 58.3 Å². The first-order valence-corrected chi connectivity index (χ1v) is 7.62. The van der Waals surface area contributed by atoms with Crippen LogP contribution in [0, 0.1) is 0 Å². The summed E-state index contributed by atoms with van der Waals surface area (Å²) >= 11 is 0. The minimum Gasteiger partial charge on any atom is -0.507 e. The highest BCUT2D eigenvalue weighted by Crippen LogP contribution is 2.34. The zero-order valence-corrected chi connectivity index (χ0v) is 13.1. The largest absolute Gasteiger partial charge is 0.507 e. The van der Waals surface area contributed by atoms with Crippen molar-refractivity contribution in [2.75, 3.05) is 12.4 Å². The molecule has 0 unspecified atom stereocenters. The number of phenolic OH excluding ortho intramolecular Hbond substituents is 1. The van der Waals surface area contributed by atoms with Crippen molar-refractivity contribution in [3.63, 3.8) is 0 Å². The Hall–Kier alpha value is -2.78. The summed E-state index contributed by atoms with van der Waals surface area (Å²) in [5.74, 6) is 0.283. The predicted molar refractivity (Wildman–Crippen MR) is 96.4 cm³/mol. The van der Waals surface area contributed by atoms with Crippen LogP contribution in [0.4, 0.5) is 5.69 Å². The molecule has 3 aromatic carbocycles. The average molecular weight is 304 g/mol. The minimum absolute atomic E-state index is 0.283. The molecule has 3 heteroatoms. The third kappa shape index (κ3) is 3.05. The molecule has 0 saturated heterocycles. The molecule has 3 rings (SSSR count). The summed E-state index contributed by atoms with van der Waals surface area (Å²) in [5.41, 5.74) is 11.9. The first-order chi connectivity index (χ1) is 11.2. The van der Waals surface area contributed by atoms with Crippen LogP contribution in [-0.2, 0) is 6.54 Å². The van der Waals surface area contributed by atoms with Crippen LogP contribution >= 0.6 is 0 Å². The molecule has 0 aliphatic heterocycles. The lowest BCUT2D eigenvalue weighted by Crippen LogP contribution is -2.02. The van der Waals surface area contributed by atoms with Gasteiger partial charge in [-0.25, -0.2) is 0 Å². The number of rotatable bonds is 4. The van der Waals surface area contributed by atoms with Crippen LogP contribution in [0.1, 0.15) is 5.56 Å². The maximum atomic E-state index is 10.2. The summed E-state index contributed by atoms with van der Waals surface area (Å²) in [5, 5.41) is 13.3. The standard InChI is InChI=1S/C20H20N2O/c1-22-19-9-7-15(11-17(19)13-21)16-8-10-20(23)18(12-16)14-5-3-2-4-6-14/h2-12,22-23H,13,21H2,1H3. The second-order valence-corrected chi connectivity index (χ2v) is 5.42. The van der Waals surface area contributed by atoms with Gasteiger partial charge in [-0.05, 0) is 46.5 Å². The van der Waals surface area contributed by atoms with Gasteiger partial charge in [0.25, 0.3) is 0 Å². The monoisotopic (exact) mass is 304 g/mol. The number of benzene rings is 3. The number of anilines is 1. The number of phenols is 1. The first kappa shape index (κ1) is 15.1. The van der Waals surface area contributed by atoms with Crippen LogP contribution in [0.5, 0.6) is 5.75 Å². The van der Waals surface area contributed by atoms with Crippen LogP contribution < -0.4 is 11.1 Å². The van der Waals surface area contributed by atoms with Crippen molar-refractivity contribution in [2.45, 2.75) is 6.54 Å². The Bertz CT molecular complexity index is 813. The van der Waals surface area contributed by atoms with Gasteiger partial charge >= 0.3 is 0 Å². The molecular formula is C20H20N2O. The molecule has 0 radical (unpaired) electrons. The van der Waals surface area contributed by atoms with Crippen molar-refractivity contribution >= 4 is 5.69 Å². The lowest BCUT2D eigenvalue weighted by Gasteiger charge is -2.12. The van der Waals surface area contributed by atoms with Crippen LogP contribution in [0.2, 0.25) is 0 Å². The van der Waals surface area contributed by atoms with Gasteiger partial charge in [0.05, 0.1) is 0 Å². The summed E-state index contributed by atoms with van der Waals surface area (Å²) in [6, 6.07) is 21.8. The van der Waals surface area contributed by atoms with E-state index in [-0.39, 0.29) is 5.75 Å². The van der Waals surface area contributed by atoms with Crippen molar-refractivity contribution in [2.24, 2.45) is 5.73 Å². The van der Waals surface area contributed by atoms with Gasteiger partial charge < -0.3 is 16.2 Å². The van der Waals surface area contributed by atoms with E-state index in [1.807, 2.05) is 55.6 Å². The average Bonchev–Trinajstić information content (AvgIpc) is 2.62. The molecule has 0 heterocycles. The Labute approximate surface area is 136 Å². The molecule has 0 atom stereocenters. The first-order valence-electron chi connectivity index (χ1n) is 7.62. The smallest absolute Gasteiger partial charge is 0.123 e. The van der Waals surface area contributed by atoms with Gasteiger partial charge in [0, 0.05) is 24.8 Å². The number of nitrogens with two attached hydrogens (primary N) is 1. The second kappa shape index (κ2) is 6.55. The van der Waals surface area contributed by atoms with E-state index in [1.165, 1.54) is 0 Å². The molecule has 23 heavy (non-hydrogen) atoms. The molecular weight excluding hydrogens is 284 g/mol. The molecule has 0 fully saturated rings.